The fourth-order valence-electron chi connectivity index (χ4n) is 1.18. The maximum Gasteiger partial charge on any atom is 0.318 e. The highest BCUT2D eigenvalue weighted by molar-refractivity contribution is 8.00. The van der Waals surface area contributed by atoms with E-state index in [2.05, 4.69) is 13.8 Å². The Morgan fingerprint density at radius 1 is 1.20 bits per heavy atom. The molecule has 0 bridgehead atoms. The van der Waals surface area contributed by atoms with Gasteiger partial charge in [0.1, 0.15) is 0 Å². The molecule has 0 aliphatic heterocycles. The largest absolute Gasteiger partial charge is 0.465 e. The maximum atomic E-state index is 11.4. The topological polar surface area (TPSA) is 26.3 Å². The molecule has 0 aliphatic carbocycles. The summed E-state index contributed by atoms with van der Waals surface area (Å²) in [6, 6.07) is 0. The summed E-state index contributed by atoms with van der Waals surface area (Å²) in [6.07, 6.45) is 5.73. The van der Waals surface area contributed by atoms with E-state index in [0.29, 0.717) is 6.61 Å². The van der Waals surface area contributed by atoms with Crippen molar-refractivity contribution in [3.05, 3.63) is 0 Å². The average molecular weight is 232 g/mol. The lowest BCUT2D eigenvalue weighted by molar-refractivity contribution is -0.142. The van der Waals surface area contributed by atoms with Crippen molar-refractivity contribution in [3.8, 4) is 0 Å². The number of unbranched alkanes of at least 4 members (excludes halogenated alkanes) is 3. The molecule has 0 aliphatic rings. The molecule has 0 spiro atoms. The minimum absolute atomic E-state index is 0.00359. The zero-order valence-electron chi connectivity index (χ0n) is 10.3. The Morgan fingerprint density at radius 2 is 1.93 bits per heavy atom. The van der Waals surface area contributed by atoms with E-state index in [-0.39, 0.29) is 11.2 Å². The first-order valence-electron chi connectivity index (χ1n) is 6.00. The number of carbonyl (C=O) groups excluding carboxylic acids is 1. The predicted octanol–water partition coefficient (Wildman–Crippen LogP) is 3.64. The number of esters is 1. The molecule has 0 aromatic carbocycles. The highest BCUT2D eigenvalue weighted by Crippen LogP contribution is 2.13. The van der Waals surface area contributed by atoms with E-state index in [1.807, 2.05) is 6.92 Å². The Labute approximate surface area is 98.2 Å². The fraction of sp³-hybridized carbons (Fsp3) is 0.917. The van der Waals surface area contributed by atoms with Crippen LogP contribution in [0.15, 0.2) is 0 Å². The predicted molar refractivity (Wildman–Crippen MR) is 67.3 cm³/mol. The first kappa shape index (κ1) is 14.8. The zero-order chi connectivity index (χ0) is 11.5. The molecule has 0 N–H and O–H groups in total. The lowest BCUT2D eigenvalue weighted by Crippen LogP contribution is -2.18. The van der Waals surface area contributed by atoms with Gasteiger partial charge in [-0.2, -0.15) is 0 Å². The van der Waals surface area contributed by atoms with Crippen molar-refractivity contribution in [1.29, 1.82) is 0 Å². The van der Waals surface area contributed by atoms with Gasteiger partial charge < -0.3 is 4.74 Å². The van der Waals surface area contributed by atoms with Crippen molar-refractivity contribution in [1.82, 2.24) is 0 Å². The standard InChI is InChI=1S/C12H24O2S/c1-4-6-7-8-9-14-12(13)11(3)15-10-5-2/h11H,4-10H2,1-3H3. The monoisotopic (exact) mass is 232 g/mol. The second-order valence-corrected chi connectivity index (χ2v) is 5.19. The molecule has 0 heterocycles. The Kier molecular flexibility index (Phi) is 10.2. The summed E-state index contributed by atoms with van der Waals surface area (Å²) in [4.78, 5) is 11.4. The third-order valence-electron chi connectivity index (χ3n) is 2.15. The quantitative estimate of drug-likeness (QED) is 0.448. The molecular weight excluding hydrogens is 208 g/mol. The molecule has 1 unspecified atom stereocenters. The fourth-order valence-corrected chi connectivity index (χ4v) is 1.98. The van der Waals surface area contributed by atoms with Gasteiger partial charge in [-0.1, -0.05) is 33.1 Å². The molecule has 0 fully saturated rings. The van der Waals surface area contributed by atoms with Crippen molar-refractivity contribution in [3.63, 3.8) is 0 Å². The third-order valence-corrected chi connectivity index (χ3v) is 3.48. The zero-order valence-corrected chi connectivity index (χ0v) is 11.1. The van der Waals surface area contributed by atoms with Gasteiger partial charge in [-0.3, -0.25) is 4.79 Å². The van der Waals surface area contributed by atoms with Crippen molar-refractivity contribution < 1.29 is 9.53 Å². The van der Waals surface area contributed by atoms with Gasteiger partial charge in [0, 0.05) is 0 Å². The lowest BCUT2D eigenvalue weighted by Gasteiger charge is -2.10. The Balaban J connectivity index is 3.38. The van der Waals surface area contributed by atoms with Crippen LogP contribution in [0.25, 0.3) is 0 Å². The van der Waals surface area contributed by atoms with Crippen LogP contribution in [0.5, 0.6) is 0 Å². The van der Waals surface area contributed by atoms with E-state index in [1.54, 1.807) is 11.8 Å². The van der Waals surface area contributed by atoms with Crippen LogP contribution in [0.3, 0.4) is 0 Å². The Bertz CT molecular complexity index is 160. The van der Waals surface area contributed by atoms with E-state index in [1.165, 1.54) is 19.3 Å². The van der Waals surface area contributed by atoms with Gasteiger partial charge in [-0.05, 0) is 25.5 Å². The highest BCUT2D eigenvalue weighted by Gasteiger charge is 2.13. The molecule has 0 radical (unpaired) electrons. The van der Waals surface area contributed by atoms with E-state index < -0.39 is 0 Å². The van der Waals surface area contributed by atoms with Crippen LogP contribution in [0.1, 0.15) is 52.9 Å². The van der Waals surface area contributed by atoms with Gasteiger partial charge in [-0.15, -0.1) is 11.8 Å². The molecule has 90 valence electrons. The molecule has 0 saturated heterocycles. The Morgan fingerprint density at radius 3 is 2.53 bits per heavy atom. The summed E-state index contributed by atoms with van der Waals surface area (Å²) >= 11 is 1.68. The Hall–Kier alpha value is -0.180. The van der Waals surface area contributed by atoms with Gasteiger partial charge in [0.05, 0.1) is 11.9 Å². The summed E-state index contributed by atoms with van der Waals surface area (Å²) in [5.74, 6) is 0.983. The minimum Gasteiger partial charge on any atom is -0.465 e. The van der Waals surface area contributed by atoms with E-state index in [9.17, 15) is 4.79 Å². The van der Waals surface area contributed by atoms with Crippen molar-refractivity contribution in [2.45, 2.75) is 58.1 Å². The molecule has 0 aromatic heterocycles. The summed E-state index contributed by atoms with van der Waals surface area (Å²) in [5.41, 5.74) is 0. The molecule has 0 aromatic rings. The third kappa shape index (κ3) is 8.79. The molecular formula is C12H24O2S. The summed E-state index contributed by atoms with van der Waals surface area (Å²) < 4.78 is 5.19. The molecule has 3 heteroatoms. The van der Waals surface area contributed by atoms with E-state index in [0.717, 1.165) is 18.6 Å². The minimum atomic E-state index is -0.0510. The number of hydrogen-bond donors (Lipinski definition) is 0. The van der Waals surface area contributed by atoms with Gasteiger partial charge in [0.2, 0.25) is 0 Å². The number of carbonyl (C=O) groups is 1. The van der Waals surface area contributed by atoms with Crippen LogP contribution in [0.4, 0.5) is 0 Å². The first-order valence-corrected chi connectivity index (χ1v) is 7.05. The molecule has 0 saturated carbocycles. The van der Waals surface area contributed by atoms with E-state index in [4.69, 9.17) is 4.74 Å². The molecule has 15 heavy (non-hydrogen) atoms. The van der Waals surface area contributed by atoms with Crippen molar-refractivity contribution in [2.24, 2.45) is 0 Å². The van der Waals surface area contributed by atoms with Crippen LogP contribution < -0.4 is 0 Å². The number of ether oxygens (including phenoxy) is 1. The van der Waals surface area contributed by atoms with Crippen LogP contribution >= 0.6 is 11.8 Å². The number of thioether (sulfide) groups is 1. The van der Waals surface area contributed by atoms with Crippen molar-refractivity contribution in [2.75, 3.05) is 12.4 Å². The van der Waals surface area contributed by atoms with Crippen molar-refractivity contribution >= 4 is 17.7 Å². The maximum absolute atomic E-state index is 11.4. The first-order chi connectivity index (χ1) is 7.22. The summed E-state index contributed by atoms with van der Waals surface area (Å²) in [6.45, 7) is 6.82. The smallest absolute Gasteiger partial charge is 0.318 e. The SMILES string of the molecule is CCCCCCOC(=O)C(C)SCCC. The van der Waals surface area contributed by atoms with Crippen LogP contribution in [0.2, 0.25) is 0 Å². The lowest BCUT2D eigenvalue weighted by atomic mass is 10.2. The number of hydrogen-bond acceptors (Lipinski definition) is 3. The average Bonchev–Trinajstić information content (AvgIpc) is 2.25. The molecule has 0 amide bonds. The van der Waals surface area contributed by atoms with E-state index >= 15 is 0 Å². The number of rotatable bonds is 9. The van der Waals surface area contributed by atoms with Gasteiger partial charge in [0.15, 0.2) is 0 Å². The van der Waals surface area contributed by atoms with Crippen LogP contribution in [-0.4, -0.2) is 23.6 Å². The van der Waals surface area contributed by atoms with Crippen LogP contribution in [0, 0.1) is 0 Å². The molecule has 2 nitrogen and oxygen atoms in total. The van der Waals surface area contributed by atoms with Gasteiger partial charge >= 0.3 is 5.97 Å². The van der Waals surface area contributed by atoms with Crippen LogP contribution in [-0.2, 0) is 9.53 Å². The second-order valence-electron chi connectivity index (χ2n) is 3.74. The molecule has 0 rings (SSSR count). The normalized spacial score (nSPS) is 12.5. The highest BCUT2D eigenvalue weighted by atomic mass is 32.2. The second kappa shape index (κ2) is 10.3. The van der Waals surface area contributed by atoms with Gasteiger partial charge in [-0.25, -0.2) is 0 Å². The van der Waals surface area contributed by atoms with Gasteiger partial charge in [0.25, 0.3) is 0 Å². The summed E-state index contributed by atoms with van der Waals surface area (Å²) in [5, 5.41) is -0.00359. The summed E-state index contributed by atoms with van der Waals surface area (Å²) in [7, 11) is 0. The molecule has 1 atom stereocenters.